The summed E-state index contributed by atoms with van der Waals surface area (Å²) in [5.74, 6) is 1.28. The Hall–Kier alpha value is -2.17. The number of likely N-dealkylation sites (tertiary alicyclic amines) is 1. The lowest BCUT2D eigenvalue weighted by molar-refractivity contribution is -0.139. The molecule has 3 rings (SSSR count). The summed E-state index contributed by atoms with van der Waals surface area (Å²) in [6, 6.07) is 7.93. The highest BCUT2D eigenvalue weighted by atomic mass is 16.5. The first-order valence-corrected chi connectivity index (χ1v) is 8.27. The van der Waals surface area contributed by atoms with Crippen molar-refractivity contribution in [1.82, 2.24) is 15.0 Å². The van der Waals surface area contributed by atoms with E-state index in [4.69, 9.17) is 4.52 Å². The molecule has 0 spiro atoms. The van der Waals surface area contributed by atoms with Gasteiger partial charge in [0.05, 0.1) is 0 Å². The molecular formula is C18H23N3O2. The fourth-order valence-corrected chi connectivity index (χ4v) is 3.06. The second kappa shape index (κ2) is 6.52. The van der Waals surface area contributed by atoms with Crippen molar-refractivity contribution in [2.45, 2.75) is 46.1 Å². The zero-order valence-electron chi connectivity index (χ0n) is 14.0. The number of amides is 1. The van der Waals surface area contributed by atoms with Gasteiger partial charge in [0.15, 0.2) is 0 Å². The average Bonchev–Trinajstić information content (AvgIpc) is 3.04. The van der Waals surface area contributed by atoms with Crippen molar-refractivity contribution in [2.24, 2.45) is 5.92 Å². The van der Waals surface area contributed by atoms with Crippen molar-refractivity contribution in [1.29, 1.82) is 0 Å². The van der Waals surface area contributed by atoms with Crippen LogP contribution in [0, 0.1) is 12.8 Å². The zero-order chi connectivity index (χ0) is 16.4. The molecule has 1 aromatic carbocycles. The maximum absolute atomic E-state index is 12.4. The molecule has 5 heteroatoms. The van der Waals surface area contributed by atoms with E-state index >= 15 is 0 Å². The molecule has 1 aliphatic rings. The minimum Gasteiger partial charge on any atom is -0.337 e. The van der Waals surface area contributed by atoms with E-state index in [1.807, 2.05) is 49.9 Å². The molecule has 0 radical (unpaired) electrons. The van der Waals surface area contributed by atoms with Crippen LogP contribution in [-0.2, 0) is 4.79 Å². The van der Waals surface area contributed by atoms with Gasteiger partial charge >= 0.3 is 0 Å². The van der Waals surface area contributed by atoms with Gasteiger partial charge in [0.25, 0.3) is 0 Å². The average molecular weight is 313 g/mol. The molecule has 2 heterocycles. The van der Waals surface area contributed by atoms with Gasteiger partial charge in [-0.15, -0.1) is 0 Å². The predicted octanol–water partition coefficient (Wildman–Crippen LogP) is 3.75. The molecule has 1 atom stereocenters. The highest BCUT2D eigenvalue weighted by Gasteiger charge is 2.33. The summed E-state index contributed by atoms with van der Waals surface area (Å²) < 4.78 is 5.50. The van der Waals surface area contributed by atoms with Gasteiger partial charge in [-0.25, -0.2) is 0 Å². The fraction of sp³-hybridized carbons (Fsp3) is 0.500. The quantitative estimate of drug-likeness (QED) is 0.866. The number of carbonyl (C=O) groups excluding carboxylic acids is 1. The Labute approximate surface area is 136 Å². The molecule has 0 N–H and O–H groups in total. The molecule has 0 aliphatic carbocycles. The predicted molar refractivity (Wildman–Crippen MR) is 87.6 cm³/mol. The maximum atomic E-state index is 12.4. The molecule has 122 valence electrons. The number of piperidine rings is 1. The Bertz CT molecular complexity index is 693. The van der Waals surface area contributed by atoms with Crippen LogP contribution in [0.5, 0.6) is 0 Å². The van der Waals surface area contributed by atoms with E-state index < -0.39 is 0 Å². The van der Waals surface area contributed by atoms with Crippen LogP contribution in [0.1, 0.15) is 50.6 Å². The largest absolute Gasteiger partial charge is 0.337 e. The van der Waals surface area contributed by atoms with Gasteiger partial charge in [-0.2, -0.15) is 4.98 Å². The first-order valence-electron chi connectivity index (χ1n) is 8.27. The summed E-state index contributed by atoms with van der Waals surface area (Å²) in [6.45, 7) is 6.67. The van der Waals surface area contributed by atoms with Crippen LogP contribution in [0.25, 0.3) is 11.4 Å². The van der Waals surface area contributed by atoms with Crippen LogP contribution in [0.4, 0.5) is 0 Å². The third-order valence-electron chi connectivity index (χ3n) is 4.28. The second-order valence-corrected chi connectivity index (χ2v) is 6.52. The van der Waals surface area contributed by atoms with Crippen LogP contribution in [0.3, 0.4) is 0 Å². The lowest BCUT2D eigenvalue weighted by atomic mass is 10.00. The number of carbonyl (C=O) groups is 1. The molecule has 0 bridgehead atoms. The first-order chi connectivity index (χ1) is 11.1. The normalized spacial score (nSPS) is 18.4. The van der Waals surface area contributed by atoms with Gasteiger partial charge in [0, 0.05) is 18.0 Å². The number of aryl methyl sites for hydroxylation is 1. The highest BCUT2D eigenvalue weighted by molar-refractivity contribution is 5.78. The molecular weight excluding hydrogens is 290 g/mol. The van der Waals surface area contributed by atoms with E-state index in [0.717, 1.165) is 36.9 Å². The van der Waals surface area contributed by atoms with E-state index in [-0.39, 0.29) is 17.9 Å². The van der Waals surface area contributed by atoms with Crippen molar-refractivity contribution in [3.63, 3.8) is 0 Å². The SMILES string of the molecule is Cc1cccc(-c2noc([C@@H]3CCCCN3C(=O)C(C)C)n2)c1. The van der Waals surface area contributed by atoms with Gasteiger partial charge in [-0.05, 0) is 32.3 Å². The fourth-order valence-electron chi connectivity index (χ4n) is 3.06. The lowest BCUT2D eigenvalue weighted by Crippen LogP contribution is -2.40. The smallest absolute Gasteiger partial charge is 0.249 e. The Morgan fingerprint density at radius 1 is 1.35 bits per heavy atom. The standard InChI is InChI=1S/C18H23N3O2/c1-12(2)18(22)21-10-5-4-9-15(21)17-19-16(20-23-17)14-8-6-7-13(3)11-14/h6-8,11-12,15H,4-5,9-10H2,1-3H3/t15-/m0/s1. The van der Waals surface area contributed by atoms with E-state index in [1.165, 1.54) is 0 Å². The van der Waals surface area contributed by atoms with Crippen molar-refractivity contribution in [3.05, 3.63) is 35.7 Å². The summed E-state index contributed by atoms with van der Waals surface area (Å²) in [4.78, 5) is 18.9. The summed E-state index contributed by atoms with van der Waals surface area (Å²) in [7, 11) is 0. The summed E-state index contributed by atoms with van der Waals surface area (Å²) in [5.41, 5.74) is 2.10. The number of benzene rings is 1. The van der Waals surface area contributed by atoms with Gasteiger partial charge in [-0.1, -0.05) is 42.8 Å². The summed E-state index contributed by atoms with van der Waals surface area (Å²) in [5, 5.41) is 4.12. The van der Waals surface area contributed by atoms with Crippen LogP contribution < -0.4 is 0 Å². The Morgan fingerprint density at radius 2 is 2.17 bits per heavy atom. The molecule has 2 aromatic rings. The summed E-state index contributed by atoms with van der Waals surface area (Å²) >= 11 is 0. The molecule has 1 aromatic heterocycles. The monoisotopic (exact) mass is 313 g/mol. The molecule has 0 saturated carbocycles. The lowest BCUT2D eigenvalue weighted by Gasteiger charge is -2.34. The van der Waals surface area contributed by atoms with E-state index in [0.29, 0.717) is 11.7 Å². The topological polar surface area (TPSA) is 59.2 Å². The number of aromatic nitrogens is 2. The van der Waals surface area contributed by atoms with Gasteiger partial charge in [0.1, 0.15) is 6.04 Å². The van der Waals surface area contributed by atoms with E-state index in [9.17, 15) is 4.79 Å². The summed E-state index contributed by atoms with van der Waals surface area (Å²) in [6.07, 6.45) is 3.00. The van der Waals surface area contributed by atoms with Crippen LogP contribution in [0.15, 0.2) is 28.8 Å². The van der Waals surface area contributed by atoms with Gasteiger partial charge < -0.3 is 9.42 Å². The van der Waals surface area contributed by atoms with Crippen LogP contribution in [-0.4, -0.2) is 27.5 Å². The van der Waals surface area contributed by atoms with Crippen molar-refractivity contribution >= 4 is 5.91 Å². The minimum atomic E-state index is -0.0929. The number of hydrogen-bond donors (Lipinski definition) is 0. The second-order valence-electron chi connectivity index (χ2n) is 6.52. The zero-order valence-corrected chi connectivity index (χ0v) is 14.0. The Balaban J connectivity index is 1.87. The van der Waals surface area contributed by atoms with Crippen molar-refractivity contribution in [2.75, 3.05) is 6.54 Å². The number of rotatable bonds is 3. The first kappa shape index (κ1) is 15.7. The Kier molecular flexibility index (Phi) is 4.46. The van der Waals surface area contributed by atoms with E-state index in [2.05, 4.69) is 10.1 Å². The van der Waals surface area contributed by atoms with Gasteiger partial charge in [0.2, 0.25) is 17.6 Å². The van der Waals surface area contributed by atoms with Crippen LogP contribution >= 0.6 is 0 Å². The van der Waals surface area contributed by atoms with Crippen LogP contribution in [0.2, 0.25) is 0 Å². The highest BCUT2D eigenvalue weighted by Crippen LogP contribution is 2.32. The third kappa shape index (κ3) is 3.28. The Morgan fingerprint density at radius 3 is 2.91 bits per heavy atom. The van der Waals surface area contributed by atoms with E-state index in [1.54, 1.807) is 0 Å². The molecule has 0 unspecified atom stereocenters. The van der Waals surface area contributed by atoms with Gasteiger partial charge in [-0.3, -0.25) is 4.79 Å². The molecule has 5 nitrogen and oxygen atoms in total. The van der Waals surface area contributed by atoms with Crippen molar-refractivity contribution < 1.29 is 9.32 Å². The molecule has 1 amide bonds. The molecule has 1 saturated heterocycles. The minimum absolute atomic E-state index is 0.0187. The van der Waals surface area contributed by atoms with Crippen molar-refractivity contribution in [3.8, 4) is 11.4 Å². The maximum Gasteiger partial charge on any atom is 0.249 e. The number of hydrogen-bond acceptors (Lipinski definition) is 4. The third-order valence-corrected chi connectivity index (χ3v) is 4.28. The molecule has 1 fully saturated rings. The molecule has 23 heavy (non-hydrogen) atoms. The molecule has 1 aliphatic heterocycles. The number of nitrogens with zero attached hydrogens (tertiary/aromatic N) is 3.